The Kier molecular flexibility index (Phi) is 5.37. The summed E-state index contributed by atoms with van der Waals surface area (Å²) in [7, 11) is 0. The van der Waals surface area contributed by atoms with Gasteiger partial charge in [0, 0.05) is 11.7 Å². The van der Waals surface area contributed by atoms with Gasteiger partial charge >= 0.3 is 0 Å². The van der Waals surface area contributed by atoms with Crippen molar-refractivity contribution in [3.63, 3.8) is 0 Å². The van der Waals surface area contributed by atoms with Gasteiger partial charge in [-0.25, -0.2) is 0 Å². The highest BCUT2D eigenvalue weighted by Crippen LogP contribution is 2.31. The summed E-state index contributed by atoms with van der Waals surface area (Å²) in [5, 5.41) is 0.532. The third-order valence-corrected chi connectivity index (χ3v) is 4.55. The maximum atomic E-state index is 11.5. The van der Waals surface area contributed by atoms with Crippen molar-refractivity contribution in [2.24, 2.45) is 0 Å². The molecule has 0 spiro atoms. The largest absolute Gasteiger partial charge is 0.299 e. The van der Waals surface area contributed by atoms with Crippen LogP contribution in [0.4, 0.5) is 0 Å². The molecule has 86 valence electrons. The summed E-state index contributed by atoms with van der Waals surface area (Å²) in [5.41, 5.74) is 0. The van der Waals surface area contributed by atoms with Crippen molar-refractivity contribution < 1.29 is 9.59 Å². The highest BCUT2D eigenvalue weighted by atomic mass is 32.2. The van der Waals surface area contributed by atoms with E-state index < -0.39 is 0 Å². The second kappa shape index (κ2) is 6.31. The second-order valence-electron chi connectivity index (χ2n) is 4.18. The SMILES string of the molecule is CCCCC(CC)SC1CC(=O)CC1=O. The Bertz CT molecular complexity index is 238. The van der Waals surface area contributed by atoms with E-state index in [4.69, 9.17) is 0 Å². The van der Waals surface area contributed by atoms with Gasteiger partial charge in [0.1, 0.15) is 5.78 Å². The van der Waals surface area contributed by atoms with E-state index in [-0.39, 0.29) is 23.2 Å². The molecule has 15 heavy (non-hydrogen) atoms. The van der Waals surface area contributed by atoms with Crippen molar-refractivity contribution in [1.82, 2.24) is 0 Å². The van der Waals surface area contributed by atoms with E-state index in [1.165, 1.54) is 19.3 Å². The Morgan fingerprint density at radius 3 is 2.60 bits per heavy atom. The third kappa shape index (κ3) is 3.98. The first-order valence-corrected chi connectivity index (χ1v) is 6.81. The second-order valence-corrected chi connectivity index (χ2v) is 5.69. The van der Waals surface area contributed by atoms with Crippen LogP contribution in [0.2, 0.25) is 0 Å². The molecule has 2 unspecified atom stereocenters. The van der Waals surface area contributed by atoms with Crippen LogP contribution < -0.4 is 0 Å². The van der Waals surface area contributed by atoms with E-state index in [1.807, 2.05) is 0 Å². The lowest BCUT2D eigenvalue weighted by molar-refractivity contribution is -0.121. The zero-order chi connectivity index (χ0) is 11.3. The van der Waals surface area contributed by atoms with Crippen molar-refractivity contribution in [2.75, 3.05) is 0 Å². The van der Waals surface area contributed by atoms with E-state index in [1.54, 1.807) is 11.8 Å². The van der Waals surface area contributed by atoms with Crippen molar-refractivity contribution in [3.8, 4) is 0 Å². The van der Waals surface area contributed by atoms with E-state index >= 15 is 0 Å². The van der Waals surface area contributed by atoms with Crippen molar-refractivity contribution >= 4 is 23.3 Å². The number of hydrogen-bond acceptors (Lipinski definition) is 3. The van der Waals surface area contributed by atoms with Crippen molar-refractivity contribution in [1.29, 1.82) is 0 Å². The van der Waals surface area contributed by atoms with Gasteiger partial charge in [-0.15, -0.1) is 11.8 Å². The maximum Gasteiger partial charge on any atom is 0.153 e. The lowest BCUT2D eigenvalue weighted by Gasteiger charge is -2.17. The number of hydrogen-bond donors (Lipinski definition) is 0. The molecular weight excluding hydrogens is 208 g/mol. The van der Waals surface area contributed by atoms with Crippen LogP contribution in [0.25, 0.3) is 0 Å². The molecule has 0 bridgehead atoms. The van der Waals surface area contributed by atoms with Crippen molar-refractivity contribution in [3.05, 3.63) is 0 Å². The predicted octanol–water partition coefficient (Wildman–Crippen LogP) is 2.99. The molecule has 1 rings (SSSR count). The minimum absolute atomic E-state index is 0.0284. The number of Topliss-reactive ketones (excluding diaryl/α,β-unsaturated/α-hetero) is 2. The lowest BCUT2D eigenvalue weighted by atomic mass is 10.2. The van der Waals surface area contributed by atoms with Gasteiger partial charge < -0.3 is 0 Å². The maximum absolute atomic E-state index is 11.5. The molecule has 0 saturated heterocycles. The van der Waals surface area contributed by atoms with Gasteiger partial charge in [0.15, 0.2) is 5.78 Å². The molecule has 3 heteroatoms. The summed E-state index contributed by atoms with van der Waals surface area (Å²) in [6.45, 7) is 4.34. The van der Waals surface area contributed by atoms with Crippen LogP contribution in [0.1, 0.15) is 52.4 Å². The summed E-state index contributed by atoms with van der Waals surface area (Å²) in [6.07, 6.45) is 5.36. The molecule has 2 atom stereocenters. The summed E-state index contributed by atoms with van der Waals surface area (Å²) >= 11 is 1.73. The lowest BCUT2D eigenvalue weighted by Crippen LogP contribution is -2.14. The number of carbonyl (C=O) groups excluding carboxylic acids is 2. The van der Waals surface area contributed by atoms with E-state index in [0.29, 0.717) is 11.7 Å². The highest BCUT2D eigenvalue weighted by Gasteiger charge is 2.32. The zero-order valence-electron chi connectivity index (χ0n) is 9.62. The van der Waals surface area contributed by atoms with Gasteiger partial charge in [0.25, 0.3) is 0 Å². The minimum atomic E-state index is -0.0284. The molecule has 0 N–H and O–H groups in total. The molecule has 1 saturated carbocycles. The van der Waals surface area contributed by atoms with Gasteiger partial charge in [-0.2, -0.15) is 0 Å². The Balaban J connectivity index is 2.37. The molecule has 0 aliphatic heterocycles. The fourth-order valence-electron chi connectivity index (χ4n) is 1.86. The minimum Gasteiger partial charge on any atom is -0.299 e. The Morgan fingerprint density at radius 2 is 2.13 bits per heavy atom. The van der Waals surface area contributed by atoms with Crippen LogP contribution in [-0.2, 0) is 9.59 Å². The first-order chi connectivity index (χ1) is 7.17. The van der Waals surface area contributed by atoms with E-state index in [0.717, 1.165) is 6.42 Å². The molecule has 2 nitrogen and oxygen atoms in total. The molecule has 0 amide bonds. The molecule has 1 aliphatic rings. The van der Waals surface area contributed by atoms with Crippen LogP contribution in [0.3, 0.4) is 0 Å². The van der Waals surface area contributed by atoms with Crippen molar-refractivity contribution in [2.45, 2.75) is 62.9 Å². The van der Waals surface area contributed by atoms with Gasteiger partial charge in [0.2, 0.25) is 0 Å². The average molecular weight is 228 g/mol. The molecule has 0 aromatic carbocycles. The van der Waals surface area contributed by atoms with Crippen LogP contribution in [0.5, 0.6) is 0 Å². The first-order valence-electron chi connectivity index (χ1n) is 5.87. The smallest absolute Gasteiger partial charge is 0.153 e. The molecule has 0 aromatic rings. The summed E-state index contributed by atoms with van der Waals surface area (Å²) in [5.74, 6) is 0.280. The molecule has 0 radical (unpaired) electrons. The number of unbranched alkanes of at least 4 members (excludes halogenated alkanes) is 1. The predicted molar refractivity (Wildman–Crippen MR) is 64.2 cm³/mol. The first kappa shape index (κ1) is 12.8. The average Bonchev–Trinajstić information content (AvgIpc) is 2.52. The fourth-order valence-corrected chi connectivity index (χ4v) is 3.33. The quantitative estimate of drug-likeness (QED) is 0.655. The molecular formula is C12H20O2S. The van der Waals surface area contributed by atoms with Crippen LogP contribution in [0, 0.1) is 0 Å². The summed E-state index contributed by atoms with van der Waals surface area (Å²) < 4.78 is 0. The van der Waals surface area contributed by atoms with Gasteiger partial charge in [0.05, 0.1) is 11.7 Å². The van der Waals surface area contributed by atoms with Crippen LogP contribution in [0.15, 0.2) is 0 Å². The summed E-state index contributed by atoms with van der Waals surface area (Å²) in [6, 6.07) is 0. The Labute approximate surface area is 96.2 Å². The summed E-state index contributed by atoms with van der Waals surface area (Å²) in [4.78, 5) is 22.6. The number of ketones is 2. The van der Waals surface area contributed by atoms with Gasteiger partial charge in [-0.3, -0.25) is 9.59 Å². The third-order valence-electron chi connectivity index (χ3n) is 2.84. The number of rotatable bonds is 6. The molecule has 0 heterocycles. The van der Waals surface area contributed by atoms with Crippen LogP contribution in [-0.4, -0.2) is 22.1 Å². The Morgan fingerprint density at radius 1 is 1.40 bits per heavy atom. The Hall–Kier alpha value is -0.310. The van der Waals surface area contributed by atoms with E-state index in [2.05, 4.69) is 13.8 Å². The van der Waals surface area contributed by atoms with E-state index in [9.17, 15) is 9.59 Å². The zero-order valence-corrected chi connectivity index (χ0v) is 10.4. The highest BCUT2D eigenvalue weighted by molar-refractivity contribution is 8.01. The standard InChI is InChI=1S/C12H20O2S/c1-3-5-6-10(4-2)15-12-8-9(13)7-11(12)14/h10,12H,3-8H2,1-2H3. The van der Waals surface area contributed by atoms with Gasteiger partial charge in [-0.05, 0) is 12.8 Å². The number of thioether (sulfide) groups is 1. The molecule has 0 aromatic heterocycles. The molecule has 1 aliphatic carbocycles. The molecule has 1 fully saturated rings. The topological polar surface area (TPSA) is 34.1 Å². The monoisotopic (exact) mass is 228 g/mol. The van der Waals surface area contributed by atoms with Gasteiger partial charge in [-0.1, -0.05) is 26.7 Å². The van der Waals surface area contributed by atoms with Crippen LogP contribution >= 0.6 is 11.8 Å². The normalized spacial score (nSPS) is 23.5. The number of carbonyl (C=O) groups is 2. The fraction of sp³-hybridized carbons (Fsp3) is 0.833.